The number of ether oxygens (including phenoxy) is 3. The third-order valence-corrected chi connectivity index (χ3v) is 6.61. The first-order valence-corrected chi connectivity index (χ1v) is 11.3. The molecule has 1 saturated heterocycles. The first-order valence-electron chi connectivity index (χ1n) is 11.3. The molecule has 0 radical (unpaired) electrons. The molecule has 1 N–H and O–H groups in total. The van der Waals surface area contributed by atoms with Crippen LogP contribution in [0.5, 0.6) is 0 Å². The van der Waals surface area contributed by atoms with E-state index in [-0.39, 0.29) is 18.1 Å². The Kier molecular flexibility index (Phi) is 5.64. The predicted octanol–water partition coefficient (Wildman–Crippen LogP) is 4.90. The summed E-state index contributed by atoms with van der Waals surface area (Å²) in [6.07, 6.45) is -0.437. The summed E-state index contributed by atoms with van der Waals surface area (Å²) in [6, 6.07) is 31.0. The summed E-state index contributed by atoms with van der Waals surface area (Å²) in [5.74, 6) is -0.656. The van der Waals surface area contributed by atoms with Gasteiger partial charge in [0.25, 0.3) is 0 Å². The summed E-state index contributed by atoms with van der Waals surface area (Å²) in [6.45, 7) is 4.24. The fourth-order valence-electron chi connectivity index (χ4n) is 5.22. The number of hydrogen-bond acceptors (Lipinski definition) is 4. The Morgan fingerprint density at radius 1 is 0.781 bits per heavy atom. The second-order valence-electron chi connectivity index (χ2n) is 9.22. The Hall–Kier alpha value is -2.50. The van der Waals surface area contributed by atoms with E-state index in [9.17, 15) is 5.11 Å². The molecule has 3 aromatic rings. The number of fused-ring (bicyclic) bond motifs is 1. The van der Waals surface area contributed by atoms with Crippen LogP contribution in [0.25, 0.3) is 0 Å². The lowest BCUT2D eigenvalue weighted by Crippen LogP contribution is -2.37. The van der Waals surface area contributed by atoms with E-state index in [1.165, 1.54) is 0 Å². The maximum Gasteiger partial charge on any atom is 0.163 e. The summed E-state index contributed by atoms with van der Waals surface area (Å²) >= 11 is 0. The monoisotopic (exact) mass is 430 g/mol. The first kappa shape index (κ1) is 21.4. The van der Waals surface area contributed by atoms with Crippen molar-refractivity contribution >= 4 is 0 Å². The van der Waals surface area contributed by atoms with Gasteiger partial charge in [-0.2, -0.15) is 0 Å². The fraction of sp³-hybridized carbons (Fsp3) is 0.357. The van der Waals surface area contributed by atoms with Crippen molar-refractivity contribution in [3.8, 4) is 0 Å². The molecule has 1 heterocycles. The van der Waals surface area contributed by atoms with Gasteiger partial charge in [0.05, 0.1) is 18.8 Å². The molecule has 0 bridgehead atoms. The largest absolute Gasteiger partial charge is 0.390 e. The van der Waals surface area contributed by atoms with Crippen LogP contribution in [0.15, 0.2) is 91.0 Å². The molecule has 1 aliphatic carbocycles. The maximum atomic E-state index is 10.6. The summed E-state index contributed by atoms with van der Waals surface area (Å²) < 4.78 is 19.1. The molecule has 2 aliphatic rings. The van der Waals surface area contributed by atoms with Gasteiger partial charge in [0.15, 0.2) is 5.79 Å². The number of aliphatic hydroxyl groups excluding tert-OH is 1. The zero-order valence-electron chi connectivity index (χ0n) is 18.6. The topological polar surface area (TPSA) is 47.9 Å². The minimum Gasteiger partial charge on any atom is -0.390 e. The van der Waals surface area contributed by atoms with Gasteiger partial charge in [-0.3, -0.25) is 0 Å². The fourth-order valence-corrected chi connectivity index (χ4v) is 5.22. The third kappa shape index (κ3) is 3.78. The van der Waals surface area contributed by atoms with Crippen molar-refractivity contribution in [1.82, 2.24) is 0 Å². The van der Waals surface area contributed by atoms with Crippen molar-refractivity contribution in [3.05, 3.63) is 108 Å². The van der Waals surface area contributed by atoms with Gasteiger partial charge in [0.1, 0.15) is 11.7 Å². The van der Waals surface area contributed by atoms with E-state index in [0.29, 0.717) is 13.0 Å². The van der Waals surface area contributed by atoms with Crippen LogP contribution < -0.4 is 0 Å². The van der Waals surface area contributed by atoms with Gasteiger partial charge >= 0.3 is 0 Å². The van der Waals surface area contributed by atoms with E-state index < -0.39 is 17.5 Å². The Balaban J connectivity index is 1.55. The first-order chi connectivity index (χ1) is 15.5. The highest BCUT2D eigenvalue weighted by Gasteiger charge is 2.54. The molecule has 32 heavy (non-hydrogen) atoms. The number of aliphatic hydroxyl groups is 1. The van der Waals surface area contributed by atoms with Crippen LogP contribution in [0.1, 0.15) is 37.0 Å². The normalized spacial score (nSPS) is 26.7. The zero-order valence-corrected chi connectivity index (χ0v) is 18.6. The molecule has 0 amide bonds. The number of benzene rings is 3. The third-order valence-electron chi connectivity index (χ3n) is 6.61. The smallest absolute Gasteiger partial charge is 0.163 e. The van der Waals surface area contributed by atoms with E-state index in [1.807, 2.05) is 68.4 Å². The van der Waals surface area contributed by atoms with Gasteiger partial charge < -0.3 is 19.3 Å². The van der Waals surface area contributed by atoms with Crippen LogP contribution in [0.4, 0.5) is 0 Å². The van der Waals surface area contributed by atoms with Crippen LogP contribution in [-0.4, -0.2) is 35.8 Å². The zero-order chi connectivity index (χ0) is 22.2. The Morgan fingerprint density at radius 2 is 1.22 bits per heavy atom. The second-order valence-corrected chi connectivity index (χ2v) is 9.22. The highest BCUT2D eigenvalue weighted by Crippen LogP contribution is 2.45. The Labute approximate surface area is 189 Å². The molecule has 0 aromatic heterocycles. The van der Waals surface area contributed by atoms with Crippen molar-refractivity contribution in [2.75, 3.05) is 6.61 Å². The maximum absolute atomic E-state index is 10.6. The molecule has 5 rings (SSSR count). The molecule has 2 fully saturated rings. The highest BCUT2D eigenvalue weighted by molar-refractivity contribution is 5.47. The molecular weight excluding hydrogens is 400 g/mol. The molecule has 3 aromatic carbocycles. The van der Waals surface area contributed by atoms with Crippen LogP contribution in [0.2, 0.25) is 0 Å². The molecule has 0 spiro atoms. The molecule has 1 aliphatic heterocycles. The van der Waals surface area contributed by atoms with Crippen molar-refractivity contribution in [2.24, 2.45) is 5.92 Å². The highest BCUT2D eigenvalue weighted by atomic mass is 16.8. The Bertz CT molecular complexity index is 922. The number of hydrogen-bond donors (Lipinski definition) is 1. The van der Waals surface area contributed by atoms with E-state index in [4.69, 9.17) is 14.2 Å². The van der Waals surface area contributed by atoms with Crippen molar-refractivity contribution < 1.29 is 19.3 Å². The van der Waals surface area contributed by atoms with E-state index in [0.717, 1.165) is 16.7 Å². The standard InChI is InChI=1S/C28H30O4/c1-27(2)31-25-20(18-24(29)26(25)32-27)19-30-28(21-12-6-3-7-13-21,22-14-8-4-9-15-22)23-16-10-5-11-17-23/h3-17,20,24-26,29H,18-19H2,1-2H3/t20-,24+,25+,26-/m1/s1. The predicted molar refractivity (Wildman–Crippen MR) is 123 cm³/mol. The van der Waals surface area contributed by atoms with Gasteiger partial charge in [0, 0.05) is 5.92 Å². The molecule has 166 valence electrons. The van der Waals surface area contributed by atoms with Gasteiger partial charge in [-0.25, -0.2) is 0 Å². The molecule has 0 unspecified atom stereocenters. The summed E-state index contributed by atoms with van der Waals surface area (Å²) in [5, 5.41) is 10.6. The summed E-state index contributed by atoms with van der Waals surface area (Å²) in [4.78, 5) is 0. The summed E-state index contributed by atoms with van der Waals surface area (Å²) in [5.41, 5.74) is 2.42. The lowest BCUT2D eigenvalue weighted by Gasteiger charge is -2.37. The quantitative estimate of drug-likeness (QED) is 0.566. The average Bonchev–Trinajstić information content (AvgIpc) is 3.29. The Morgan fingerprint density at radius 3 is 1.69 bits per heavy atom. The van der Waals surface area contributed by atoms with E-state index >= 15 is 0 Å². The summed E-state index contributed by atoms with van der Waals surface area (Å²) in [7, 11) is 0. The minimum atomic E-state index is -0.776. The van der Waals surface area contributed by atoms with Crippen LogP contribution in [0, 0.1) is 5.92 Å². The van der Waals surface area contributed by atoms with Gasteiger partial charge in [-0.05, 0) is 37.0 Å². The molecular formula is C28H30O4. The van der Waals surface area contributed by atoms with Crippen LogP contribution >= 0.6 is 0 Å². The van der Waals surface area contributed by atoms with E-state index in [1.54, 1.807) is 0 Å². The van der Waals surface area contributed by atoms with Crippen molar-refractivity contribution in [3.63, 3.8) is 0 Å². The van der Waals surface area contributed by atoms with Crippen molar-refractivity contribution in [1.29, 1.82) is 0 Å². The van der Waals surface area contributed by atoms with Crippen molar-refractivity contribution in [2.45, 2.75) is 50.0 Å². The van der Waals surface area contributed by atoms with Crippen LogP contribution in [0.3, 0.4) is 0 Å². The lowest BCUT2D eigenvalue weighted by atomic mass is 9.80. The minimum absolute atomic E-state index is 0.0345. The number of rotatable bonds is 6. The van der Waals surface area contributed by atoms with Crippen LogP contribution in [-0.2, 0) is 19.8 Å². The SMILES string of the molecule is CC1(C)O[C@H]2[C@@H](COC(c3ccccc3)(c3ccccc3)c3ccccc3)C[C@H](O)[C@H]2O1. The van der Waals surface area contributed by atoms with Gasteiger partial charge in [0.2, 0.25) is 0 Å². The molecule has 1 saturated carbocycles. The molecule has 4 nitrogen and oxygen atoms in total. The van der Waals surface area contributed by atoms with Gasteiger partial charge in [-0.15, -0.1) is 0 Å². The van der Waals surface area contributed by atoms with E-state index in [2.05, 4.69) is 36.4 Å². The average molecular weight is 431 g/mol. The lowest BCUT2D eigenvalue weighted by molar-refractivity contribution is -0.170. The molecule has 4 heteroatoms. The van der Waals surface area contributed by atoms with Gasteiger partial charge in [-0.1, -0.05) is 91.0 Å². The molecule has 4 atom stereocenters. The second kappa shape index (κ2) is 8.45.